The Morgan fingerprint density at radius 1 is 1.28 bits per heavy atom. The predicted octanol–water partition coefficient (Wildman–Crippen LogP) is 3.76. The number of aromatic nitrogens is 4. The van der Waals surface area contributed by atoms with Gasteiger partial charge in [0, 0.05) is 4.90 Å². The minimum absolute atomic E-state index is 0.0221. The standard InChI is InChI=1S/C18H21F3N5O4PS/c1-11(30-10-31(27,28)8-18(19,20)21)7-26-9-23-14-15(26)24-17(22)25-16(14)32-13-5-3-12(29-2)4-6-13/h3-6,9,11H,7-8,10H2,1-2H3,(H,27,28)(H2,22,24,25). The highest BCUT2D eigenvalue weighted by Gasteiger charge is 2.38. The Balaban J connectivity index is 1.73. The van der Waals surface area contributed by atoms with E-state index in [-0.39, 0.29) is 12.5 Å². The molecule has 32 heavy (non-hydrogen) atoms. The average molecular weight is 491 g/mol. The molecule has 0 radical (unpaired) electrons. The summed E-state index contributed by atoms with van der Waals surface area (Å²) in [7, 11) is -2.92. The van der Waals surface area contributed by atoms with E-state index >= 15 is 0 Å². The minimum Gasteiger partial charge on any atom is -0.497 e. The summed E-state index contributed by atoms with van der Waals surface area (Å²) in [6.45, 7) is 1.70. The first kappa shape index (κ1) is 24.3. The van der Waals surface area contributed by atoms with Gasteiger partial charge in [-0.15, -0.1) is 0 Å². The van der Waals surface area contributed by atoms with Crippen molar-refractivity contribution < 1.29 is 32.1 Å². The maximum Gasteiger partial charge on any atom is 0.398 e. The molecule has 2 unspecified atom stereocenters. The van der Waals surface area contributed by atoms with E-state index in [1.54, 1.807) is 30.7 Å². The number of hydrogen-bond acceptors (Lipinski definition) is 8. The minimum atomic E-state index is -4.75. The fraction of sp³-hybridized carbons (Fsp3) is 0.389. The van der Waals surface area contributed by atoms with Gasteiger partial charge in [0.25, 0.3) is 0 Å². The summed E-state index contributed by atoms with van der Waals surface area (Å²) in [6, 6.07) is 7.32. The van der Waals surface area contributed by atoms with E-state index in [4.69, 9.17) is 15.2 Å². The first-order valence-electron chi connectivity index (χ1n) is 9.25. The van der Waals surface area contributed by atoms with Gasteiger partial charge in [-0.1, -0.05) is 11.8 Å². The molecule has 9 nitrogen and oxygen atoms in total. The maximum absolute atomic E-state index is 12.4. The zero-order chi connectivity index (χ0) is 23.5. The number of ether oxygens (including phenoxy) is 2. The Kier molecular flexibility index (Phi) is 7.33. The molecule has 0 saturated carbocycles. The van der Waals surface area contributed by atoms with Crippen molar-refractivity contribution in [3.8, 4) is 5.75 Å². The number of benzene rings is 1. The van der Waals surface area contributed by atoms with Crippen molar-refractivity contribution in [3.05, 3.63) is 30.6 Å². The zero-order valence-electron chi connectivity index (χ0n) is 17.1. The van der Waals surface area contributed by atoms with E-state index in [2.05, 4.69) is 15.0 Å². The van der Waals surface area contributed by atoms with E-state index in [1.165, 1.54) is 18.1 Å². The fourth-order valence-electron chi connectivity index (χ4n) is 2.79. The Hall–Kier alpha value is -2.34. The smallest absolute Gasteiger partial charge is 0.398 e. The molecule has 2 aromatic heterocycles. The van der Waals surface area contributed by atoms with E-state index in [9.17, 15) is 22.6 Å². The molecule has 0 aliphatic rings. The number of alkyl halides is 3. The van der Waals surface area contributed by atoms with Crippen LogP contribution in [0.3, 0.4) is 0 Å². The van der Waals surface area contributed by atoms with Crippen molar-refractivity contribution in [1.82, 2.24) is 19.5 Å². The molecule has 3 aromatic rings. The lowest BCUT2D eigenvalue weighted by Crippen LogP contribution is -2.20. The SMILES string of the molecule is COc1ccc(Sc2nc(N)nc3c2ncn3CC(C)OCP(=O)(O)CC(F)(F)F)cc1. The topological polar surface area (TPSA) is 125 Å². The molecule has 0 bridgehead atoms. The van der Waals surface area contributed by atoms with Crippen LogP contribution in [0.15, 0.2) is 40.5 Å². The normalized spacial score (nSPS) is 14.9. The summed E-state index contributed by atoms with van der Waals surface area (Å²) in [6.07, 6.45) is -6.66. The van der Waals surface area contributed by atoms with Crippen LogP contribution in [0.2, 0.25) is 0 Å². The van der Waals surface area contributed by atoms with E-state index < -0.39 is 32.2 Å². The number of fused-ring (bicyclic) bond motifs is 1. The van der Waals surface area contributed by atoms with Crippen molar-refractivity contribution in [1.29, 1.82) is 0 Å². The second-order valence-corrected chi connectivity index (χ2v) is 10.3. The number of imidazole rings is 1. The fourth-order valence-corrected chi connectivity index (χ4v) is 4.81. The van der Waals surface area contributed by atoms with Gasteiger partial charge < -0.3 is 24.7 Å². The van der Waals surface area contributed by atoms with Crippen molar-refractivity contribution in [3.63, 3.8) is 0 Å². The second kappa shape index (κ2) is 9.65. The number of methoxy groups -OCH3 is 1. The first-order valence-corrected chi connectivity index (χ1v) is 12.1. The Morgan fingerprint density at radius 2 is 1.97 bits per heavy atom. The van der Waals surface area contributed by atoms with Crippen molar-refractivity contribution in [2.45, 2.75) is 35.7 Å². The molecule has 0 aliphatic heterocycles. The molecule has 174 valence electrons. The lowest BCUT2D eigenvalue weighted by molar-refractivity contribution is -0.108. The summed E-state index contributed by atoms with van der Waals surface area (Å²) in [5.41, 5.74) is 6.75. The third-order valence-electron chi connectivity index (χ3n) is 4.16. The van der Waals surface area contributed by atoms with Gasteiger partial charge in [0.2, 0.25) is 13.3 Å². The van der Waals surface area contributed by atoms with Crippen molar-refractivity contribution >= 4 is 36.2 Å². The van der Waals surface area contributed by atoms with Gasteiger partial charge in [0.05, 0.1) is 26.1 Å². The molecule has 0 amide bonds. The number of anilines is 1. The number of halogens is 3. The number of nitrogens with zero attached hydrogens (tertiary/aromatic N) is 4. The highest BCUT2D eigenvalue weighted by molar-refractivity contribution is 7.99. The van der Waals surface area contributed by atoms with Crippen LogP contribution in [-0.4, -0.2) is 56.3 Å². The summed E-state index contributed by atoms with van der Waals surface area (Å²) in [5.74, 6) is 0.733. The maximum atomic E-state index is 12.4. The third kappa shape index (κ3) is 6.58. The Morgan fingerprint density at radius 3 is 2.59 bits per heavy atom. The molecule has 0 aliphatic carbocycles. The quantitative estimate of drug-likeness (QED) is 0.340. The lowest BCUT2D eigenvalue weighted by Gasteiger charge is -2.18. The zero-order valence-corrected chi connectivity index (χ0v) is 18.8. The van der Waals surface area contributed by atoms with Crippen molar-refractivity contribution in [2.24, 2.45) is 0 Å². The van der Waals surface area contributed by atoms with Gasteiger partial charge in [0.1, 0.15) is 28.8 Å². The van der Waals surface area contributed by atoms with Crippen LogP contribution in [0.5, 0.6) is 5.75 Å². The second-order valence-electron chi connectivity index (χ2n) is 6.96. The Labute approximate surface area is 185 Å². The molecule has 1 aromatic carbocycles. The largest absolute Gasteiger partial charge is 0.497 e. The monoisotopic (exact) mass is 491 g/mol. The van der Waals surface area contributed by atoms with Gasteiger partial charge in [-0.2, -0.15) is 18.2 Å². The number of nitrogens with two attached hydrogens (primary N) is 1. The summed E-state index contributed by atoms with van der Waals surface area (Å²) in [4.78, 5) is 23.1. The van der Waals surface area contributed by atoms with E-state index in [1.807, 2.05) is 12.1 Å². The molecular weight excluding hydrogens is 470 g/mol. The predicted molar refractivity (Wildman–Crippen MR) is 113 cm³/mol. The first-order chi connectivity index (χ1) is 15.0. The van der Waals surface area contributed by atoms with Crippen LogP contribution in [0.1, 0.15) is 6.92 Å². The lowest BCUT2D eigenvalue weighted by atomic mass is 10.3. The molecule has 0 saturated heterocycles. The molecule has 3 N–H and O–H groups in total. The number of hydrogen-bond donors (Lipinski definition) is 2. The van der Waals surface area contributed by atoms with Gasteiger partial charge in [-0.3, -0.25) is 4.57 Å². The van der Waals surface area contributed by atoms with Gasteiger partial charge in [0.15, 0.2) is 5.65 Å². The molecule has 2 heterocycles. The molecule has 14 heteroatoms. The van der Waals surface area contributed by atoms with Crippen molar-refractivity contribution in [2.75, 3.05) is 25.4 Å². The summed E-state index contributed by atoms with van der Waals surface area (Å²) < 4.78 is 60.8. The van der Waals surface area contributed by atoms with E-state index in [0.717, 1.165) is 4.90 Å². The summed E-state index contributed by atoms with van der Waals surface area (Å²) in [5, 5.41) is 0.523. The third-order valence-corrected chi connectivity index (χ3v) is 6.56. The molecule has 2 atom stereocenters. The van der Waals surface area contributed by atoms with Gasteiger partial charge in [-0.05, 0) is 31.2 Å². The molecule has 0 spiro atoms. The van der Waals surface area contributed by atoms with Crippen LogP contribution in [-0.2, 0) is 15.8 Å². The highest BCUT2D eigenvalue weighted by Crippen LogP contribution is 2.45. The number of rotatable bonds is 9. The van der Waals surface area contributed by atoms with Gasteiger partial charge >= 0.3 is 6.18 Å². The summed E-state index contributed by atoms with van der Waals surface area (Å²) >= 11 is 1.33. The molecule has 3 rings (SSSR count). The highest BCUT2D eigenvalue weighted by atomic mass is 32.2. The van der Waals surface area contributed by atoms with Crippen LogP contribution < -0.4 is 10.5 Å². The van der Waals surface area contributed by atoms with Crippen LogP contribution >= 0.6 is 19.1 Å². The molecule has 0 fully saturated rings. The molecular formula is C18H21F3N5O4PS. The Bertz CT molecular complexity index is 1130. The van der Waals surface area contributed by atoms with Crippen LogP contribution in [0, 0.1) is 0 Å². The van der Waals surface area contributed by atoms with Gasteiger partial charge in [-0.25, -0.2) is 9.97 Å². The van der Waals surface area contributed by atoms with Crippen LogP contribution in [0.25, 0.3) is 11.2 Å². The average Bonchev–Trinajstić information content (AvgIpc) is 3.08. The van der Waals surface area contributed by atoms with E-state index in [0.29, 0.717) is 21.9 Å². The van der Waals surface area contributed by atoms with Crippen LogP contribution in [0.4, 0.5) is 19.1 Å². The number of nitrogen functional groups attached to an aromatic ring is 1.